The van der Waals surface area contributed by atoms with Crippen LogP contribution in [0.1, 0.15) is 11.1 Å². The second-order valence-corrected chi connectivity index (χ2v) is 3.87. The molecule has 2 aromatic rings. The summed E-state index contributed by atoms with van der Waals surface area (Å²) in [6, 6.07) is 15.9. The molecule has 2 nitrogen and oxygen atoms in total. The lowest BCUT2D eigenvalue weighted by molar-refractivity contribution is 0.284. The molecule has 2 heteroatoms. The SMILES string of the molecule is COc1ccccc1OCc1ccccc1C. The Morgan fingerprint density at radius 3 is 2.24 bits per heavy atom. The number of methoxy groups -OCH3 is 1. The Hall–Kier alpha value is -1.96. The fourth-order valence-electron chi connectivity index (χ4n) is 1.67. The van der Waals surface area contributed by atoms with E-state index < -0.39 is 0 Å². The molecule has 0 atom stereocenters. The molecule has 2 rings (SSSR count). The molecule has 88 valence electrons. The average Bonchev–Trinajstić information content (AvgIpc) is 2.38. The molecule has 0 saturated heterocycles. The molecule has 0 aliphatic carbocycles. The van der Waals surface area contributed by atoms with E-state index in [9.17, 15) is 0 Å². The van der Waals surface area contributed by atoms with Crippen LogP contribution in [0.4, 0.5) is 0 Å². The Morgan fingerprint density at radius 1 is 0.882 bits per heavy atom. The maximum absolute atomic E-state index is 5.77. The maximum atomic E-state index is 5.77. The van der Waals surface area contributed by atoms with E-state index in [2.05, 4.69) is 19.1 Å². The molecule has 0 fully saturated rings. The van der Waals surface area contributed by atoms with Crippen molar-refractivity contribution in [1.82, 2.24) is 0 Å². The van der Waals surface area contributed by atoms with Crippen LogP contribution >= 0.6 is 0 Å². The van der Waals surface area contributed by atoms with E-state index in [1.54, 1.807) is 7.11 Å². The number of aryl methyl sites for hydroxylation is 1. The maximum Gasteiger partial charge on any atom is 0.161 e. The number of hydrogen-bond donors (Lipinski definition) is 0. The van der Waals surface area contributed by atoms with Crippen molar-refractivity contribution in [1.29, 1.82) is 0 Å². The van der Waals surface area contributed by atoms with Crippen molar-refractivity contribution in [2.45, 2.75) is 13.5 Å². The van der Waals surface area contributed by atoms with Crippen LogP contribution in [0.3, 0.4) is 0 Å². The van der Waals surface area contributed by atoms with E-state index in [1.165, 1.54) is 11.1 Å². The third kappa shape index (κ3) is 2.78. The van der Waals surface area contributed by atoms with E-state index in [4.69, 9.17) is 9.47 Å². The van der Waals surface area contributed by atoms with Gasteiger partial charge in [0.25, 0.3) is 0 Å². The van der Waals surface area contributed by atoms with Gasteiger partial charge in [0.05, 0.1) is 7.11 Å². The van der Waals surface area contributed by atoms with Gasteiger partial charge in [-0.25, -0.2) is 0 Å². The highest BCUT2D eigenvalue weighted by Crippen LogP contribution is 2.26. The highest BCUT2D eigenvalue weighted by Gasteiger charge is 2.03. The summed E-state index contributed by atoms with van der Waals surface area (Å²) in [7, 11) is 1.65. The second kappa shape index (κ2) is 5.39. The van der Waals surface area contributed by atoms with Crippen LogP contribution in [0, 0.1) is 6.92 Å². The Kier molecular flexibility index (Phi) is 3.66. The number of para-hydroxylation sites is 2. The van der Waals surface area contributed by atoms with Gasteiger partial charge in [-0.2, -0.15) is 0 Å². The minimum Gasteiger partial charge on any atom is -0.493 e. The highest BCUT2D eigenvalue weighted by molar-refractivity contribution is 5.39. The zero-order valence-electron chi connectivity index (χ0n) is 10.1. The molecule has 0 spiro atoms. The summed E-state index contributed by atoms with van der Waals surface area (Å²) in [5.74, 6) is 1.54. The Morgan fingerprint density at radius 2 is 1.53 bits per heavy atom. The molecular formula is C15H16O2. The van der Waals surface area contributed by atoms with Gasteiger partial charge in [0, 0.05) is 0 Å². The van der Waals surface area contributed by atoms with Crippen LogP contribution in [0.5, 0.6) is 11.5 Å². The summed E-state index contributed by atoms with van der Waals surface area (Å²) in [6.45, 7) is 2.65. The van der Waals surface area contributed by atoms with Gasteiger partial charge in [-0.15, -0.1) is 0 Å². The van der Waals surface area contributed by atoms with E-state index in [1.807, 2.05) is 36.4 Å². The molecule has 0 heterocycles. The van der Waals surface area contributed by atoms with Crippen LogP contribution in [0.25, 0.3) is 0 Å². The van der Waals surface area contributed by atoms with E-state index in [-0.39, 0.29) is 0 Å². The van der Waals surface area contributed by atoms with Crippen molar-refractivity contribution >= 4 is 0 Å². The normalized spacial score (nSPS) is 10.0. The molecule has 0 radical (unpaired) electrons. The lowest BCUT2D eigenvalue weighted by atomic mass is 10.1. The molecule has 0 bridgehead atoms. The fourth-order valence-corrected chi connectivity index (χ4v) is 1.67. The summed E-state index contributed by atoms with van der Waals surface area (Å²) >= 11 is 0. The minimum atomic E-state index is 0.563. The van der Waals surface area contributed by atoms with Gasteiger partial charge in [-0.1, -0.05) is 36.4 Å². The largest absolute Gasteiger partial charge is 0.493 e. The second-order valence-electron chi connectivity index (χ2n) is 3.87. The number of hydrogen-bond acceptors (Lipinski definition) is 2. The standard InChI is InChI=1S/C15H16O2/c1-12-7-3-4-8-13(12)11-17-15-10-6-5-9-14(15)16-2/h3-10H,11H2,1-2H3. The Labute approximate surface area is 102 Å². The molecule has 17 heavy (non-hydrogen) atoms. The fraction of sp³-hybridized carbons (Fsp3) is 0.200. The third-order valence-corrected chi connectivity index (χ3v) is 2.71. The van der Waals surface area contributed by atoms with Crippen LogP contribution in [-0.4, -0.2) is 7.11 Å². The molecule has 0 aromatic heterocycles. The first-order valence-corrected chi connectivity index (χ1v) is 5.61. The van der Waals surface area contributed by atoms with Crippen molar-refractivity contribution in [3.8, 4) is 11.5 Å². The minimum absolute atomic E-state index is 0.563. The first kappa shape index (κ1) is 11.5. The number of rotatable bonds is 4. The van der Waals surface area contributed by atoms with Crippen molar-refractivity contribution in [2.24, 2.45) is 0 Å². The lowest BCUT2D eigenvalue weighted by Gasteiger charge is -2.11. The molecule has 0 N–H and O–H groups in total. The van der Waals surface area contributed by atoms with E-state index >= 15 is 0 Å². The molecule has 0 saturated carbocycles. The molecule has 2 aromatic carbocycles. The topological polar surface area (TPSA) is 18.5 Å². The van der Waals surface area contributed by atoms with Crippen LogP contribution < -0.4 is 9.47 Å². The van der Waals surface area contributed by atoms with Crippen LogP contribution in [0.15, 0.2) is 48.5 Å². The van der Waals surface area contributed by atoms with Crippen molar-refractivity contribution in [3.63, 3.8) is 0 Å². The average molecular weight is 228 g/mol. The zero-order chi connectivity index (χ0) is 12.1. The van der Waals surface area contributed by atoms with Crippen molar-refractivity contribution < 1.29 is 9.47 Å². The Balaban J connectivity index is 2.10. The van der Waals surface area contributed by atoms with Gasteiger partial charge in [0.15, 0.2) is 11.5 Å². The summed E-state index contributed by atoms with van der Waals surface area (Å²) in [5.41, 5.74) is 2.43. The van der Waals surface area contributed by atoms with Gasteiger partial charge in [0.1, 0.15) is 6.61 Å². The summed E-state index contributed by atoms with van der Waals surface area (Å²) in [4.78, 5) is 0. The third-order valence-electron chi connectivity index (χ3n) is 2.71. The van der Waals surface area contributed by atoms with Crippen LogP contribution in [-0.2, 0) is 6.61 Å². The number of ether oxygens (including phenoxy) is 2. The van der Waals surface area contributed by atoms with Gasteiger partial charge in [-0.05, 0) is 30.2 Å². The summed E-state index contributed by atoms with van der Waals surface area (Å²) in [6.07, 6.45) is 0. The molecule has 0 unspecified atom stereocenters. The predicted molar refractivity (Wildman–Crippen MR) is 68.5 cm³/mol. The van der Waals surface area contributed by atoms with E-state index in [0.29, 0.717) is 6.61 Å². The van der Waals surface area contributed by atoms with E-state index in [0.717, 1.165) is 11.5 Å². The first-order chi connectivity index (χ1) is 8.31. The monoisotopic (exact) mass is 228 g/mol. The summed E-state index contributed by atoms with van der Waals surface area (Å²) in [5, 5.41) is 0. The molecule has 0 amide bonds. The van der Waals surface area contributed by atoms with Gasteiger partial charge >= 0.3 is 0 Å². The summed E-state index contributed by atoms with van der Waals surface area (Å²) < 4.78 is 11.0. The van der Waals surface area contributed by atoms with Gasteiger partial charge in [-0.3, -0.25) is 0 Å². The first-order valence-electron chi connectivity index (χ1n) is 5.61. The molecular weight excluding hydrogens is 212 g/mol. The highest BCUT2D eigenvalue weighted by atomic mass is 16.5. The van der Waals surface area contributed by atoms with Gasteiger partial charge in [0.2, 0.25) is 0 Å². The lowest BCUT2D eigenvalue weighted by Crippen LogP contribution is -1.99. The molecule has 0 aliphatic rings. The van der Waals surface area contributed by atoms with Gasteiger partial charge < -0.3 is 9.47 Å². The zero-order valence-corrected chi connectivity index (χ0v) is 10.1. The van der Waals surface area contributed by atoms with Crippen molar-refractivity contribution in [2.75, 3.05) is 7.11 Å². The van der Waals surface area contributed by atoms with Crippen molar-refractivity contribution in [3.05, 3.63) is 59.7 Å². The molecule has 0 aliphatic heterocycles. The van der Waals surface area contributed by atoms with Crippen LogP contribution in [0.2, 0.25) is 0 Å². The number of benzene rings is 2. The Bertz CT molecular complexity index is 492. The predicted octanol–water partition coefficient (Wildman–Crippen LogP) is 3.58. The quantitative estimate of drug-likeness (QED) is 0.796. The smallest absolute Gasteiger partial charge is 0.161 e.